The SMILES string of the molecule is C=C1CC2(CCC1O)OCCO2.CC1(C)CC(B(O)O)=Cc2cnoc21.CC1(C)CC(B2OC(C)(C)C(C)(C)O2)=Cc2cnoc21.CN(C)CC1CC2(CCC1=O)OCCO2.C[N+](C)(C)CC1CC2(CCC1=O)OCCO2.O=C1CCC2(CC1)OCCO2.OC1CCC2(CC13CC3)OCCO2.[I-]. The van der Waals surface area contributed by atoms with Gasteiger partial charge in [-0.15, -0.1) is 0 Å². The fraction of sp³-hybridized carbons (Fsp3) is 0.797. The zero-order chi connectivity index (χ0) is 73.1. The van der Waals surface area contributed by atoms with E-state index in [1.165, 1.54) is 0 Å². The lowest BCUT2D eigenvalue weighted by atomic mass is 9.65. The van der Waals surface area contributed by atoms with Crippen LogP contribution in [-0.4, -0.2) is 238 Å². The highest BCUT2D eigenvalue weighted by Gasteiger charge is 2.59. The van der Waals surface area contributed by atoms with Crippen LogP contribution in [-0.2, 0) is 81.9 Å². The van der Waals surface area contributed by atoms with Gasteiger partial charge in [0.1, 0.15) is 28.9 Å². The maximum atomic E-state index is 11.9. The van der Waals surface area contributed by atoms with Crippen molar-refractivity contribution in [1.29, 1.82) is 0 Å². The number of ketones is 3. The van der Waals surface area contributed by atoms with Crippen molar-refractivity contribution >= 4 is 43.7 Å². The third kappa shape index (κ3) is 20.6. The minimum Gasteiger partial charge on any atom is -1.00 e. The Hall–Kier alpha value is -3.21. The molecule has 0 amide bonds. The zero-order valence-corrected chi connectivity index (χ0v) is 65.2. The maximum absolute atomic E-state index is 11.9. The lowest BCUT2D eigenvalue weighted by Crippen LogP contribution is -3.00. The topological polar surface area (TPSA) is 298 Å². The van der Waals surface area contributed by atoms with Crippen LogP contribution in [0, 0.1) is 17.3 Å². The Morgan fingerprint density at radius 1 is 0.559 bits per heavy atom. The van der Waals surface area contributed by atoms with Gasteiger partial charge in [0.15, 0.2) is 28.9 Å². The highest BCUT2D eigenvalue weighted by atomic mass is 127. The van der Waals surface area contributed by atoms with Gasteiger partial charge in [0.05, 0.1) is 135 Å². The molecule has 4 N–H and O–H groups in total. The highest BCUT2D eigenvalue weighted by molar-refractivity contribution is 6.56. The van der Waals surface area contributed by atoms with Crippen LogP contribution in [0.15, 0.2) is 44.5 Å². The second-order valence-corrected chi connectivity index (χ2v) is 33.8. The zero-order valence-electron chi connectivity index (χ0n) is 63.0. The molecule has 4 atom stereocenters. The summed E-state index contributed by atoms with van der Waals surface area (Å²) in [5, 5.41) is 45.1. The van der Waals surface area contributed by atoms with E-state index in [1.807, 2.05) is 27.9 Å². The van der Waals surface area contributed by atoms with E-state index in [1.54, 1.807) is 18.5 Å². The number of hydrogen-bond donors (Lipinski definition) is 4. The van der Waals surface area contributed by atoms with Gasteiger partial charge in [-0.05, 0) is 96.8 Å². The molecule has 8 aliphatic carbocycles. The predicted octanol–water partition coefficient (Wildman–Crippen LogP) is 5.35. The van der Waals surface area contributed by atoms with Crippen LogP contribution in [0.2, 0.25) is 0 Å². The third-order valence-corrected chi connectivity index (χ3v) is 22.6. The van der Waals surface area contributed by atoms with Crippen LogP contribution >= 0.6 is 0 Å². The Kier molecular flexibility index (Phi) is 27.1. The molecular formula is C74H117B2IN4O21. The van der Waals surface area contributed by atoms with Crippen molar-refractivity contribution in [3.63, 3.8) is 0 Å². The Balaban J connectivity index is 0.000000139. The molecule has 4 unspecified atom stereocenters. The molecule has 12 fully saturated rings. The molecule has 6 spiro atoms. The van der Waals surface area contributed by atoms with E-state index in [0.29, 0.717) is 121 Å². The fourth-order valence-corrected chi connectivity index (χ4v) is 16.3. The normalized spacial score (nSPS) is 29.2. The summed E-state index contributed by atoms with van der Waals surface area (Å²) in [6, 6.07) is 0. The van der Waals surface area contributed by atoms with Crippen LogP contribution in [0.5, 0.6) is 0 Å². The second-order valence-electron chi connectivity index (χ2n) is 33.8. The number of aliphatic hydroxyl groups excluding tert-OH is 2. The quantitative estimate of drug-likeness (QED) is 0.123. The summed E-state index contributed by atoms with van der Waals surface area (Å²) in [6.45, 7) is 28.9. The molecule has 6 saturated heterocycles. The molecule has 0 bridgehead atoms. The fourth-order valence-electron chi connectivity index (χ4n) is 16.3. The largest absolute Gasteiger partial charge is 1.00 e. The number of nitrogens with zero attached hydrogens (tertiary/aromatic N) is 4. The monoisotopic (exact) mass is 1550 g/mol. The highest BCUT2D eigenvalue weighted by Crippen LogP contribution is 2.60. The molecule has 2 aromatic heterocycles. The van der Waals surface area contributed by atoms with Gasteiger partial charge in [-0.25, -0.2) is 0 Å². The van der Waals surface area contributed by atoms with Gasteiger partial charge in [-0.2, -0.15) is 0 Å². The van der Waals surface area contributed by atoms with Gasteiger partial charge in [-0.1, -0.05) is 56.7 Å². The Bertz CT molecular complexity index is 3190. The first-order chi connectivity index (χ1) is 47.4. The first kappa shape index (κ1) is 82.8. The lowest BCUT2D eigenvalue weighted by molar-refractivity contribution is -0.873. The summed E-state index contributed by atoms with van der Waals surface area (Å²) in [7, 11) is 8.65. The average molecular weight is 1550 g/mol. The first-order valence-electron chi connectivity index (χ1n) is 36.9. The molecule has 28 heteroatoms. The van der Waals surface area contributed by atoms with E-state index < -0.39 is 24.5 Å². The van der Waals surface area contributed by atoms with Gasteiger partial charge in [0, 0.05) is 130 Å². The minimum absolute atomic E-state index is 0. The van der Waals surface area contributed by atoms with Crippen LogP contribution in [0.4, 0.5) is 0 Å². The number of aliphatic hydroxyl groups is 2. The van der Waals surface area contributed by atoms with Crippen LogP contribution in [0.1, 0.15) is 206 Å². The molecule has 25 nitrogen and oxygen atoms in total. The molecule has 2 aromatic rings. The number of rotatable bonds is 6. The Labute approximate surface area is 621 Å². The summed E-state index contributed by atoms with van der Waals surface area (Å²) in [5.74, 6) is 1.00. The van der Waals surface area contributed by atoms with Crippen LogP contribution in [0.25, 0.3) is 12.2 Å². The molecule has 8 heterocycles. The minimum atomic E-state index is -1.39. The van der Waals surface area contributed by atoms with Gasteiger partial charge < -0.3 is 119 Å². The number of hydrogen-bond acceptors (Lipinski definition) is 24. The van der Waals surface area contributed by atoms with Crippen molar-refractivity contribution in [1.82, 2.24) is 15.2 Å². The van der Waals surface area contributed by atoms with Crippen molar-refractivity contribution in [2.75, 3.05) is 114 Å². The first-order valence-corrected chi connectivity index (χ1v) is 36.9. The van der Waals surface area contributed by atoms with Crippen molar-refractivity contribution in [3.05, 3.63) is 58.1 Å². The number of carbonyl (C=O) groups excluding carboxylic acids is 3. The number of Topliss-reactive ketones (excluding diaryl/α,β-unsaturated/α-hetero) is 3. The van der Waals surface area contributed by atoms with Crippen molar-refractivity contribution < 1.29 is 129 Å². The molecule has 16 rings (SSSR count). The van der Waals surface area contributed by atoms with E-state index >= 15 is 0 Å². The third-order valence-electron chi connectivity index (χ3n) is 22.6. The molecule has 0 radical (unpaired) electrons. The maximum Gasteiger partial charge on any atom is 0.490 e. The number of aromatic nitrogens is 2. The number of ether oxygens (including phenoxy) is 10. The standard InChI is InChI=1S/C15H22BNO3.C12H22NO3.C11H19NO3.C10H16O3.C9H12BNO3.C9H14O3.C8H12O3.HI/c1-13(2)8-11(7-10-9-17-18-12(10)13)16-19-14(3,4)15(5,6)20-16;1-13(2,3)9-10-8-12(5-4-11(10)14)15-6-7-16-12;1-12(2)8-9-7-11(4-3-10(9)13)14-5-6-15-11;11-8-1-2-10(12-5-6-13-10)7-9(8)3-4-9;1-9(2)4-7(10(12)13)3-6-5-11-14-8(6)9;1-7-6-9(3-2-8(7)10)11-4-5-12-9;9-7-1-3-8(4-2-7)10-5-6-11-8;/h7,9H,8H2,1-6H3;10H,4-9H2,1-3H3;9H,3-8H2,1-2H3;8,11H,1-7H2;3,5,12-13H,4H2,1-2H3;8,10H,1-6H2;1-6H2;1H/q;+1;;;;;;/p-1. The number of halogens is 1. The number of quaternary nitrogens is 1. The number of allylic oxidation sites excluding steroid dienone is 2. The van der Waals surface area contributed by atoms with Gasteiger partial charge in [0.25, 0.3) is 0 Å². The van der Waals surface area contributed by atoms with Gasteiger partial charge >= 0.3 is 14.2 Å². The van der Waals surface area contributed by atoms with Crippen molar-refractivity contribution in [3.8, 4) is 0 Å². The predicted molar refractivity (Wildman–Crippen MR) is 374 cm³/mol. The van der Waals surface area contributed by atoms with E-state index in [2.05, 4.69) is 90.6 Å². The Morgan fingerprint density at radius 2 is 0.990 bits per heavy atom. The number of carbonyl (C=O) groups is 3. The molecule has 6 saturated carbocycles. The summed E-state index contributed by atoms with van der Waals surface area (Å²) < 4.78 is 79.6. The van der Waals surface area contributed by atoms with Crippen molar-refractivity contribution in [2.45, 2.75) is 247 Å². The summed E-state index contributed by atoms with van der Waals surface area (Å²) >= 11 is 0. The van der Waals surface area contributed by atoms with Crippen LogP contribution < -0.4 is 24.0 Å². The summed E-state index contributed by atoms with van der Waals surface area (Å²) in [4.78, 5) is 36.6. The van der Waals surface area contributed by atoms with E-state index in [0.717, 1.165) is 148 Å². The molecule has 0 aromatic carbocycles. The summed E-state index contributed by atoms with van der Waals surface area (Å²) in [5.41, 5.74) is 3.71. The van der Waals surface area contributed by atoms with E-state index in [4.69, 9.17) is 75.8 Å². The molecule has 572 valence electrons. The number of fused-ring (bicyclic) bond motifs is 2. The molecule has 102 heavy (non-hydrogen) atoms. The van der Waals surface area contributed by atoms with Gasteiger partial charge in [-0.3, -0.25) is 14.4 Å². The van der Waals surface area contributed by atoms with Crippen LogP contribution in [0.3, 0.4) is 0 Å². The van der Waals surface area contributed by atoms with E-state index in [-0.39, 0.29) is 94.2 Å². The smallest absolute Gasteiger partial charge is 0.490 e. The summed E-state index contributed by atoms with van der Waals surface area (Å²) in [6.07, 6.45) is 22.1. The molecule has 14 aliphatic rings. The average Bonchev–Trinajstić information content (AvgIpc) is 1.59. The Morgan fingerprint density at radius 3 is 1.46 bits per heavy atom. The second kappa shape index (κ2) is 33.3. The van der Waals surface area contributed by atoms with E-state index in [9.17, 15) is 24.6 Å². The molecular weight excluding hydrogens is 1430 g/mol. The molecule has 6 aliphatic heterocycles. The van der Waals surface area contributed by atoms with Gasteiger partial charge in [0.2, 0.25) is 0 Å². The van der Waals surface area contributed by atoms with Crippen molar-refractivity contribution in [2.24, 2.45) is 17.3 Å². The lowest BCUT2D eigenvalue weighted by Gasteiger charge is -2.39.